The van der Waals surface area contributed by atoms with Crippen molar-refractivity contribution in [1.82, 2.24) is 0 Å². The smallest absolute Gasteiger partial charge is 0.0412 e. The van der Waals surface area contributed by atoms with Crippen molar-refractivity contribution < 1.29 is 0 Å². The Morgan fingerprint density at radius 3 is 2.75 bits per heavy atom. The minimum atomic E-state index is 0.303. The maximum absolute atomic E-state index is 6.12. The predicted octanol–water partition coefficient (Wildman–Crippen LogP) is 3.44. The van der Waals surface area contributed by atoms with E-state index in [2.05, 4.69) is 46.4 Å². The van der Waals surface area contributed by atoms with E-state index in [0.717, 1.165) is 10.9 Å². The molecule has 0 radical (unpaired) electrons. The van der Waals surface area contributed by atoms with Crippen LogP contribution in [0.1, 0.15) is 31.2 Å². The Balaban J connectivity index is 2.05. The van der Waals surface area contributed by atoms with Gasteiger partial charge in [0.25, 0.3) is 0 Å². The third-order valence-electron chi connectivity index (χ3n) is 3.33. The maximum atomic E-state index is 6.12. The molecule has 16 heavy (non-hydrogen) atoms. The SMILES string of the molecule is Cc1cc(NC2CCCCC2N)ccc1Br. The molecule has 1 aromatic carbocycles. The Morgan fingerprint density at radius 2 is 2.06 bits per heavy atom. The molecule has 0 saturated heterocycles. The second kappa shape index (κ2) is 5.19. The molecule has 88 valence electrons. The zero-order valence-corrected chi connectivity index (χ0v) is 11.3. The van der Waals surface area contributed by atoms with Crippen molar-refractivity contribution in [2.45, 2.75) is 44.7 Å². The van der Waals surface area contributed by atoms with E-state index in [9.17, 15) is 0 Å². The number of nitrogens with two attached hydrogens (primary N) is 1. The minimum absolute atomic E-state index is 0.303. The van der Waals surface area contributed by atoms with E-state index >= 15 is 0 Å². The van der Waals surface area contributed by atoms with Crippen LogP contribution in [-0.4, -0.2) is 12.1 Å². The molecule has 3 N–H and O–H groups in total. The van der Waals surface area contributed by atoms with Crippen LogP contribution in [0, 0.1) is 6.92 Å². The van der Waals surface area contributed by atoms with Gasteiger partial charge in [0.2, 0.25) is 0 Å². The van der Waals surface area contributed by atoms with Crippen LogP contribution in [-0.2, 0) is 0 Å². The van der Waals surface area contributed by atoms with Gasteiger partial charge in [-0.25, -0.2) is 0 Å². The minimum Gasteiger partial charge on any atom is -0.381 e. The number of benzene rings is 1. The van der Waals surface area contributed by atoms with E-state index in [1.165, 1.54) is 30.5 Å². The molecule has 1 saturated carbocycles. The molecule has 0 amide bonds. The van der Waals surface area contributed by atoms with Crippen molar-refractivity contribution in [3.8, 4) is 0 Å². The van der Waals surface area contributed by atoms with Crippen LogP contribution < -0.4 is 11.1 Å². The summed E-state index contributed by atoms with van der Waals surface area (Å²) in [5.41, 5.74) is 8.57. The molecule has 1 aliphatic carbocycles. The number of hydrogen-bond donors (Lipinski definition) is 2. The van der Waals surface area contributed by atoms with Gasteiger partial charge in [-0.1, -0.05) is 28.8 Å². The van der Waals surface area contributed by atoms with Crippen molar-refractivity contribution in [3.63, 3.8) is 0 Å². The molecule has 1 fully saturated rings. The van der Waals surface area contributed by atoms with Gasteiger partial charge in [0, 0.05) is 22.2 Å². The summed E-state index contributed by atoms with van der Waals surface area (Å²) in [6, 6.07) is 7.11. The normalized spacial score (nSPS) is 25.4. The molecule has 2 atom stereocenters. The summed E-state index contributed by atoms with van der Waals surface area (Å²) in [5, 5.41) is 3.55. The van der Waals surface area contributed by atoms with E-state index < -0.39 is 0 Å². The molecule has 0 heterocycles. The van der Waals surface area contributed by atoms with Gasteiger partial charge in [-0.2, -0.15) is 0 Å². The lowest BCUT2D eigenvalue weighted by molar-refractivity contribution is 0.404. The molecule has 0 bridgehead atoms. The fraction of sp³-hybridized carbons (Fsp3) is 0.538. The number of halogens is 1. The monoisotopic (exact) mass is 282 g/mol. The summed E-state index contributed by atoms with van der Waals surface area (Å²) in [7, 11) is 0. The zero-order valence-electron chi connectivity index (χ0n) is 9.67. The highest BCUT2D eigenvalue weighted by molar-refractivity contribution is 9.10. The lowest BCUT2D eigenvalue weighted by atomic mass is 9.91. The van der Waals surface area contributed by atoms with Crippen LogP contribution in [0.15, 0.2) is 22.7 Å². The first kappa shape index (κ1) is 11.9. The van der Waals surface area contributed by atoms with Gasteiger partial charge >= 0.3 is 0 Å². The molecule has 2 nitrogen and oxygen atoms in total. The van der Waals surface area contributed by atoms with Gasteiger partial charge < -0.3 is 11.1 Å². The first-order valence-electron chi connectivity index (χ1n) is 5.95. The third kappa shape index (κ3) is 2.77. The summed E-state index contributed by atoms with van der Waals surface area (Å²) in [5.74, 6) is 0. The maximum Gasteiger partial charge on any atom is 0.0412 e. The van der Waals surface area contributed by atoms with Crippen molar-refractivity contribution >= 4 is 21.6 Å². The van der Waals surface area contributed by atoms with Gasteiger partial charge in [0.15, 0.2) is 0 Å². The van der Waals surface area contributed by atoms with Crippen LogP contribution in [0.2, 0.25) is 0 Å². The van der Waals surface area contributed by atoms with E-state index in [1.54, 1.807) is 0 Å². The van der Waals surface area contributed by atoms with Crippen LogP contribution >= 0.6 is 15.9 Å². The quantitative estimate of drug-likeness (QED) is 0.872. The fourth-order valence-electron chi connectivity index (χ4n) is 2.29. The lowest BCUT2D eigenvalue weighted by Gasteiger charge is -2.30. The Labute approximate surface area is 106 Å². The largest absolute Gasteiger partial charge is 0.381 e. The average Bonchev–Trinajstić information content (AvgIpc) is 2.27. The Bertz CT molecular complexity index is 365. The number of nitrogens with one attached hydrogen (secondary N) is 1. The van der Waals surface area contributed by atoms with Crippen LogP contribution in [0.4, 0.5) is 5.69 Å². The van der Waals surface area contributed by atoms with Crippen LogP contribution in [0.5, 0.6) is 0 Å². The molecule has 0 aliphatic heterocycles. The Hall–Kier alpha value is -0.540. The summed E-state index contributed by atoms with van der Waals surface area (Å²) < 4.78 is 1.16. The second-order valence-electron chi connectivity index (χ2n) is 4.66. The van der Waals surface area contributed by atoms with E-state index in [0.29, 0.717) is 12.1 Å². The summed E-state index contributed by atoms with van der Waals surface area (Å²) in [6.45, 7) is 2.11. The number of aryl methyl sites for hydroxylation is 1. The lowest BCUT2D eigenvalue weighted by Crippen LogP contribution is -2.42. The van der Waals surface area contributed by atoms with Crippen molar-refractivity contribution in [2.24, 2.45) is 5.73 Å². The van der Waals surface area contributed by atoms with Crippen LogP contribution in [0.25, 0.3) is 0 Å². The average molecular weight is 283 g/mol. The number of anilines is 1. The van der Waals surface area contributed by atoms with Crippen molar-refractivity contribution in [1.29, 1.82) is 0 Å². The van der Waals surface area contributed by atoms with E-state index in [-0.39, 0.29) is 0 Å². The molecule has 2 rings (SSSR count). The topological polar surface area (TPSA) is 38.0 Å². The second-order valence-corrected chi connectivity index (χ2v) is 5.52. The van der Waals surface area contributed by atoms with Crippen LogP contribution in [0.3, 0.4) is 0 Å². The van der Waals surface area contributed by atoms with Gasteiger partial charge in [-0.05, 0) is 43.5 Å². The number of hydrogen-bond acceptors (Lipinski definition) is 2. The first-order chi connectivity index (χ1) is 7.66. The molecule has 1 aromatic rings. The van der Waals surface area contributed by atoms with Gasteiger partial charge in [0.05, 0.1) is 0 Å². The molecule has 2 unspecified atom stereocenters. The molecule has 1 aliphatic rings. The first-order valence-corrected chi connectivity index (χ1v) is 6.74. The van der Waals surface area contributed by atoms with E-state index in [1.807, 2.05) is 0 Å². The van der Waals surface area contributed by atoms with Crippen molar-refractivity contribution in [3.05, 3.63) is 28.2 Å². The highest BCUT2D eigenvalue weighted by atomic mass is 79.9. The summed E-state index contributed by atoms with van der Waals surface area (Å²) in [4.78, 5) is 0. The standard InChI is InChI=1S/C13H19BrN2/c1-9-8-10(6-7-11(9)14)16-13-5-3-2-4-12(13)15/h6-8,12-13,16H,2-5,15H2,1H3. The molecular weight excluding hydrogens is 264 g/mol. The van der Waals surface area contributed by atoms with Gasteiger partial charge in [-0.3, -0.25) is 0 Å². The summed E-state index contributed by atoms with van der Waals surface area (Å²) >= 11 is 3.51. The highest BCUT2D eigenvalue weighted by Gasteiger charge is 2.21. The highest BCUT2D eigenvalue weighted by Crippen LogP contribution is 2.24. The Kier molecular flexibility index (Phi) is 3.87. The zero-order chi connectivity index (χ0) is 11.5. The van der Waals surface area contributed by atoms with E-state index in [4.69, 9.17) is 5.73 Å². The molecule has 0 spiro atoms. The molecule has 0 aromatic heterocycles. The number of rotatable bonds is 2. The Morgan fingerprint density at radius 1 is 1.31 bits per heavy atom. The summed E-state index contributed by atoms with van der Waals surface area (Å²) in [6.07, 6.45) is 4.91. The molecular formula is C13H19BrN2. The fourth-order valence-corrected chi connectivity index (χ4v) is 2.53. The van der Waals surface area contributed by atoms with Gasteiger partial charge in [0.1, 0.15) is 0 Å². The van der Waals surface area contributed by atoms with Gasteiger partial charge in [-0.15, -0.1) is 0 Å². The third-order valence-corrected chi connectivity index (χ3v) is 4.22. The molecule has 3 heteroatoms. The predicted molar refractivity (Wildman–Crippen MR) is 72.7 cm³/mol. The van der Waals surface area contributed by atoms with Crippen molar-refractivity contribution in [2.75, 3.05) is 5.32 Å².